The largest absolute Gasteiger partial charge is 0.614 e. The first-order chi connectivity index (χ1) is 11.2. The molecule has 0 aromatic carbocycles. The molecule has 0 saturated carbocycles. The molecular formula is C17H26O6S. The van der Waals surface area contributed by atoms with E-state index < -0.39 is 33.6 Å². The Hall–Kier alpha value is -1.57. The van der Waals surface area contributed by atoms with Crippen molar-refractivity contribution in [2.75, 3.05) is 19.5 Å². The Labute approximate surface area is 146 Å². The molecule has 6 nitrogen and oxygen atoms in total. The average molecular weight is 358 g/mol. The Balaban J connectivity index is 5.46. The van der Waals surface area contributed by atoms with E-state index in [2.05, 4.69) is 13.2 Å². The van der Waals surface area contributed by atoms with Gasteiger partial charge < -0.3 is 18.8 Å². The molecule has 136 valence electrons. The third-order valence-corrected chi connectivity index (χ3v) is 4.67. The van der Waals surface area contributed by atoms with E-state index in [1.807, 2.05) is 6.92 Å². The van der Waals surface area contributed by atoms with E-state index in [9.17, 15) is 14.1 Å². The van der Waals surface area contributed by atoms with Crippen LogP contribution in [0.1, 0.15) is 27.2 Å². The fourth-order valence-electron chi connectivity index (χ4n) is 1.92. The summed E-state index contributed by atoms with van der Waals surface area (Å²) in [5.74, 6) is -1.27. The molecule has 0 aromatic heterocycles. The lowest BCUT2D eigenvalue weighted by atomic mass is 10.1. The van der Waals surface area contributed by atoms with E-state index in [1.165, 1.54) is 6.26 Å². The van der Waals surface area contributed by atoms with Gasteiger partial charge in [0.2, 0.25) is 4.93 Å². The second kappa shape index (κ2) is 10.3. The van der Waals surface area contributed by atoms with Crippen LogP contribution < -0.4 is 0 Å². The molecule has 0 fully saturated rings. The maximum atomic E-state index is 12.2. The van der Waals surface area contributed by atoms with Crippen molar-refractivity contribution < 1.29 is 28.4 Å². The average Bonchev–Trinajstić information content (AvgIpc) is 2.56. The Morgan fingerprint density at radius 3 is 1.92 bits per heavy atom. The van der Waals surface area contributed by atoms with Crippen LogP contribution in [-0.4, -0.2) is 46.5 Å². The van der Waals surface area contributed by atoms with E-state index in [-0.39, 0.29) is 13.2 Å². The van der Waals surface area contributed by atoms with Gasteiger partial charge in [-0.15, -0.1) is 0 Å². The highest BCUT2D eigenvalue weighted by Crippen LogP contribution is 2.31. The second-order valence-electron chi connectivity index (χ2n) is 5.30. The Kier molecular flexibility index (Phi) is 9.65. The first kappa shape index (κ1) is 22.4. The quantitative estimate of drug-likeness (QED) is 0.244. The molecule has 0 bridgehead atoms. The van der Waals surface area contributed by atoms with Gasteiger partial charge in [0.05, 0.1) is 6.26 Å². The molecule has 0 spiro atoms. The predicted molar refractivity (Wildman–Crippen MR) is 93.7 cm³/mol. The fourth-order valence-corrected chi connectivity index (χ4v) is 2.97. The summed E-state index contributed by atoms with van der Waals surface area (Å²) < 4.78 is 28.4. The molecule has 0 aromatic rings. The Morgan fingerprint density at radius 1 is 1.17 bits per heavy atom. The van der Waals surface area contributed by atoms with Crippen molar-refractivity contribution in [3.63, 3.8) is 0 Å². The summed E-state index contributed by atoms with van der Waals surface area (Å²) in [5.41, 5.74) is -1.20. The standard InChI is InChI=1S/C17H26O6S/c1-7-11-17(10-4,24(6)20)23-16(5,12-21-14(18)8-2)13-22-15(19)9-3/h7-9,11H,2-3,10,12-13H2,1,4-6H3. The Bertz CT molecular complexity index is 461. The van der Waals surface area contributed by atoms with Crippen LogP contribution in [0, 0.1) is 0 Å². The molecule has 2 unspecified atom stereocenters. The molecular weight excluding hydrogens is 332 g/mol. The van der Waals surface area contributed by atoms with Gasteiger partial charge in [0.25, 0.3) is 0 Å². The first-order valence-corrected chi connectivity index (χ1v) is 9.00. The van der Waals surface area contributed by atoms with Crippen molar-refractivity contribution in [3.8, 4) is 0 Å². The topological polar surface area (TPSA) is 84.9 Å². The van der Waals surface area contributed by atoms with Crippen LogP contribution in [-0.2, 0) is 35.0 Å². The van der Waals surface area contributed by atoms with Crippen molar-refractivity contribution in [2.45, 2.75) is 37.7 Å². The van der Waals surface area contributed by atoms with Gasteiger partial charge in [-0.25, -0.2) is 9.59 Å². The summed E-state index contributed by atoms with van der Waals surface area (Å²) in [6, 6.07) is 0. The molecule has 24 heavy (non-hydrogen) atoms. The lowest BCUT2D eigenvalue weighted by Gasteiger charge is -2.38. The zero-order chi connectivity index (χ0) is 18.8. The van der Waals surface area contributed by atoms with Crippen LogP contribution in [0.3, 0.4) is 0 Å². The van der Waals surface area contributed by atoms with Gasteiger partial charge in [0.1, 0.15) is 18.8 Å². The number of esters is 2. The minimum Gasteiger partial charge on any atom is -0.614 e. The lowest BCUT2D eigenvalue weighted by Crippen LogP contribution is -2.51. The maximum absolute atomic E-state index is 12.2. The van der Waals surface area contributed by atoms with Crippen molar-refractivity contribution >= 4 is 23.1 Å². The molecule has 0 aliphatic heterocycles. The Morgan fingerprint density at radius 2 is 1.62 bits per heavy atom. The number of allylic oxidation sites excluding steroid dienone is 1. The molecule has 0 aliphatic carbocycles. The number of carbonyl (C=O) groups excluding carboxylic acids is 2. The molecule has 2 atom stereocenters. The fraction of sp³-hybridized carbons (Fsp3) is 0.529. The number of ether oxygens (including phenoxy) is 3. The van der Waals surface area contributed by atoms with Crippen molar-refractivity contribution in [1.82, 2.24) is 0 Å². The smallest absolute Gasteiger partial charge is 0.330 e. The molecule has 0 radical (unpaired) electrons. The molecule has 0 aliphatic rings. The lowest BCUT2D eigenvalue weighted by molar-refractivity contribution is -0.174. The number of hydrogen-bond acceptors (Lipinski definition) is 6. The zero-order valence-electron chi connectivity index (χ0n) is 14.7. The SMILES string of the molecule is C=CC(=O)OCC(C)(COC(=O)C=C)OC(C=CC)(CC)[S+](C)[O-]. The molecule has 0 saturated heterocycles. The highest BCUT2D eigenvalue weighted by Gasteiger charge is 2.45. The molecule has 0 N–H and O–H groups in total. The summed E-state index contributed by atoms with van der Waals surface area (Å²) in [7, 11) is 0. The van der Waals surface area contributed by atoms with Crippen LogP contribution in [0.4, 0.5) is 0 Å². The summed E-state index contributed by atoms with van der Waals surface area (Å²) in [4.78, 5) is 21.6. The number of rotatable bonds is 11. The molecule has 0 amide bonds. The van der Waals surface area contributed by atoms with Gasteiger partial charge in [-0.05, 0) is 31.1 Å². The highest BCUT2D eigenvalue weighted by atomic mass is 32.2. The van der Waals surface area contributed by atoms with E-state index in [1.54, 1.807) is 26.0 Å². The van der Waals surface area contributed by atoms with E-state index in [4.69, 9.17) is 14.2 Å². The summed E-state index contributed by atoms with van der Waals surface area (Å²) in [5, 5.41) is 0. The highest BCUT2D eigenvalue weighted by molar-refractivity contribution is 7.92. The summed E-state index contributed by atoms with van der Waals surface area (Å²) >= 11 is -1.37. The van der Waals surface area contributed by atoms with Gasteiger partial charge in [-0.1, -0.05) is 26.2 Å². The van der Waals surface area contributed by atoms with E-state index in [0.717, 1.165) is 12.2 Å². The predicted octanol–water partition coefficient (Wildman–Crippen LogP) is 2.28. The third-order valence-electron chi connectivity index (χ3n) is 3.19. The van der Waals surface area contributed by atoms with Gasteiger partial charge in [-0.3, -0.25) is 0 Å². The van der Waals surface area contributed by atoms with Crippen molar-refractivity contribution in [2.24, 2.45) is 0 Å². The molecule has 7 heteroatoms. The van der Waals surface area contributed by atoms with Gasteiger partial charge in [0.15, 0.2) is 0 Å². The van der Waals surface area contributed by atoms with E-state index in [0.29, 0.717) is 6.42 Å². The van der Waals surface area contributed by atoms with Crippen molar-refractivity contribution in [1.29, 1.82) is 0 Å². The number of hydrogen-bond donors (Lipinski definition) is 0. The van der Waals surface area contributed by atoms with E-state index >= 15 is 0 Å². The van der Waals surface area contributed by atoms with Crippen LogP contribution >= 0.6 is 0 Å². The maximum Gasteiger partial charge on any atom is 0.330 e. The minimum atomic E-state index is -1.37. The summed E-state index contributed by atoms with van der Waals surface area (Å²) in [6.07, 6.45) is 7.40. The minimum absolute atomic E-state index is 0.196. The summed E-state index contributed by atoms with van der Waals surface area (Å²) in [6.45, 7) is 11.5. The zero-order valence-corrected chi connectivity index (χ0v) is 15.5. The third kappa shape index (κ3) is 6.90. The van der Waals surface area contributed by atoms with Crippen LogP contribution in [0.25, 0.3) is 0 Å². The van der Waals surface area contributed by atoms with Gasteiger partial charge in [-0.2, -0.15) is 0 Å². The molecule has 0 rings (SSSR count). The monoisotopic (exact) mass is 358 g/mol. The first-order valence-electron chi connectivity index (χ1n) is 7.44. The van der Waals surface area contributed by atoms with Gasteiger partial charge in [0, 0.05) is 18.6 Å². The van der Waals surface area contributed by atoms with Crippen LogP contribution in [0.5, 0.6) is 0 Å². The van der Waals surface area contributed by atoms with Gasteiger partial charge >= 0.3 is 11.9 Å². The van der Waals surface area contributed by atoms with Crippen LogP contribution in [0.15, 0.2) is 37.5 Å². The van der Waals surface area contributed by atoms with Crippen LogP contribution in [0.2, 0.25) is 0 Å². The second-order valence-corrected chi connectivity index (χ2v) is 6.89. The number of carbonyl (C=O) groups is 2. The normalized spacial score (nSPS) is 15.4. The van der Waals surface area contributed by atoms with Crippen molar-refractivity contribution in [3.05, 3.63) is 37.5 Å². The molecule has 0 heterocycles.